The minimum Gasteiger partial charge on any atom is -0.465 e. The highest BCUT2D eigenvalue weighted by Crippen LogP contribution is 2.35. The Morgan fingerprint density at radius 1 is 0.960 bits per heavy atom. The van der Waals surface area contributed by atoms with E-state index in [1.165, 1.54) is 6.92 Å². The first-order valence-corrected chi connectivity index (χ1v) is 11.7. The Hall–Kier alpha value is -1.95. The minimum absolute atomic E-state index is 0.0555. The molecule has 0 fully saturated rings. The lowest BCUT2D eigenvalue weighted by atomic mass is 10.0. The molecule has 0 unspecified atom stereocenters. The number of esters is 2. The second kappa shape index (κ2) is 9.51. The van der Waals surface area contributed by atoms with Gasteiger partial charge in [-0.15, -0.1) is 0 Å². The lowest BCUT2D eigenvalue weighted by Gasteiger charge is -2.36. The summed E-state index contributed by atoms with van der Waals surface area (Å²) in [6.45, 7) is 9.36. The summed E-state index contributed by atoms with van der Waals surface area (Å²) in [4.78, 5) is 37.0. The van der Waals surface area contributed by atoms with Crippen LogP contribution in [0.5, 0.6) is 0 Å². The number of carbonyl (C=O) groups is 3. The highest BCUT2D eigenvalue weighted by Gasteiger charge is 2.47. The van der Waals surface area contributed by atoms with Gasteiger partial charge in [0.15, 0.2) is 5.92 Å². The number of ketones is 1. The van der Waals surface area contributed by atoms with E-state index in [0.717, 1.165) is 5.19 Å². The van der Waals surface area contributed by atoms with Crippen molar-refractivity contribution in [3.8, 4) is 0 Å². The zero-order valence-electron chi connectivity index (χ0n) is 15.7. The number of hydrogen-bond acceptors (Lipinski definition) is 5. The van der Waals surface area contributed by atoms with Crippen molar-refractivity contribution in [2.24, 2.45) is 5.92 Å². The Balaban J connectivity index is 3.38. The van der Waals surface area contributed by atoms with Crippen LogP contribution in [0, 0.1) is 5.92 Å². The molecule has 0 spiro atoms. The molecule has 5 nitrogen and oxygen atoms in total. The summed E-state index contributed by atoms with van der Waals surface area (Å²) in [7, 11) is -2.34. The molecule has 0 radical (unpaired) electrons. The number of rotatable bonds is 9. The largest absolute Gasteiger partial charge is 0.465 e. The quantitative estimate of drug-likeness (QED) is 0.383. The van der Waals surface area contributed by atoms with Crippen LogP contribution in [0.25, 0.3) is 0 Å². The third-order valence-corrected chi connectivity index (χ3v) is 8.65. The van der Waals surface area contributed by atoms with Crippen LogP contribution in [0.2, 0.25) is 18.6 Å². The van der Waals surface area contributed by atoms with Crippen LogP contribution >= 0.6 is 0 Å². The van der Waals surface area contributed by atoms with Crippen molar-refractivity contribution in [1.82, 2.24) is 0 Å². The fraction of sp³-hybridized carbons (Fsp3) is 0.526. The smallest absolute Gasteiger partial charge is 0.320 e. The van der Waals surface area contributed by atoms with E-state index in [9.17, 15) is 14.4 Å². The van der Waals surface area contributed by atoms with Gasteiger partial charge in [0.2, 0.25) is 0 Å². The second-order valence-electron chi connectivity index (χ2n) is 6.58. The zero-order valence-corrected chi connectivity index (χ0v) is 16.7. The Morgan fingerprint density at radius 3 is 1.84 bits per heavy atom. The molecule has 0 aromatic heterocycles. The number of carbonyl (C=O) groups excluding carboxylic acids is 3. The van der Waals surface area contributed by atoms with Crippen molar-refractivity contribution >= 4 is 31.0 Å². The van der Waals surface area contributed by atoms with Gasteiger partial charge in [0.25, 0.3) is 0 Å². The van der Waals surface area contributed by atoms with Crippen LogP contribution < -0.4 is 5.19 Å². The van der Waals surface area contributed by atoms with Crippen molar-refractivity contribution in [2.45, 2.75) is 45.8 Å². The van der Waals surface area contributed by atoms with E-state index in [1.807, 2.05) is 30.3 Å². The van der Waals surface area contributed by atoms with Gasteiger partial charge < -0.3 is 14.3 Å². The molecule has 25 heavy (non-hydrogen) atoms. The topological polar surface area (TPSA) is 69.7 Å². The van der Waals surface area contributed by atoms with Crippen molar-refractivity contribution in [3.63, 3.8) is 0 Å². The van der Waals surface area contributed by atoms with Gasteiger partial charge in [-0.05, 0) is 26.3 Å². The fourth-order valence-electron chi connectivity index (χ4n) is 3.07. The first kappa shape index (κ1) is 21.1. The molecule has 0 saturated carbocycles. The minimum atomic E-state index is -2.34. The monoisotopic (exact) mass is 364 g/mol. The molecule has 0 saturated heterocycles. The molecule has 138 valence electrons. The third kappa shape index (κ3) is 5.52. The van der Waals surface area contributed by atoms with E-state index >= 15 is 0 Å². The molecule has 0 aliphatic heterocycles. The van der Waals surface area contributed by atoms with Crippen LogP contribution in [0.15, 0.2) is 30.3 Å². The van der Waals surface area contributed by atoms with Crippen LogP contribution in [0.3, 0.4) is 0 Å². The van der Waals surface area contributed by atoms with E-state index in [1.54, 1.807) is 13.8 Å². The molecule has 0 aliphatic carbocycles. The second-order valence-corrected chi connectivity index (χ2v) is 11.3. The Morgan fingerprint density at radius 2 is 1.44 bits per heavy atom. The maximum atomic E-state index is 12.5. The molecule has 0 heterocycles. The molecule has 6 heteroatoms. The predicted molar refractivity (Wildman–Crippen MR) is 99.4 cm³/mol. The Bertz CT molecular complexity index is 579. The molecule has 0 N–H and O–H groups in total. The molecule has 0 amide bonds. The van der Waals surface area contributed by atoms with Crippen LogP contribution in [-0.2, 0) is 23.9 Å². The van der Waals surface area contributed by atoms with Gasteiger partial charge in [0.1, 0.15) is 5.78 Å². The lowest BCUT2D eigenvalue weighted by Crippen LogP contribution is -2.52. The average molecular weight is 365 g/mol. The highest BCUT2D eigenvalue weighted by atomic mass is 28.3. The van der Waals surface area contributed by atoms with Gasteiger partial charge in [-0.3, -0.25) is 9.59 Å². The van der Waals surface area contributed by atoms with Gasteiger partial charge in [-0.25, -0.2) is 0 Å². The number of hydrogen-bond donors (Lipinski definition) is 0. The summed E-state index contributed by atoms with van der Waals surface area (Å²) >= 11 is 0. The first-order chi connectivity index (χ1) is 11.8. The molecule has 0 bridgehead atoms. The van der Waals surface area contributed by atoms with E-state index < -0.39 is 31.5 Å². The molecule has 0 aliphatic rings. The van der Waals surface area contributed by atoms with Gasteiger partial charge in [0.05, 0.1) is 21.3 Å². The maximum Gasteiger partial charge on any atom is 0.320 e. The van der Waals surface area contributed by atoms with Crippen molar-refractivity contribution in [2.75, 3.05) is 13.2 Å². The van der Waals surface area contributed by atoms with Gasteiger partial charge in [0, 0.05) is 6.42 Å². The Labute approximate surface area is 150 Å². The predicted octanol–water partition coefficient (Wildman–Crippen LogP) is 2.69. The third-order valence-electron chi connectivity index (χ3n) is 4.44. The average Bonchev–Trinajstić information content (AvgIpc) is 2.55. The molecular formula is C19H28O5Si. The summed E-state index contributed by atoms with van der Waals surface area (Å²) in [5.74, 6) is -2.35. The normalized spacial score (nSPS) is 12.6. The van der Waals surface area contributed by atoms with Gasteiger partial charge in [-0.2, -0.15) is 0 Å². The van der Waals surface area contributed by atoms with Gasteiger partial charge in [-0.1, -0.05) is 48.6 Å². The number of Topliss-reactive ketones (excluding diaryl/α,β-unsaturated/α-hetero) is 1. The van der Waals surface area contributed by atoms with E-state index in [2.05, 4.69) is 13.1 Å². The Kier molecular flexibility index (Phi) is 8.02. The standard InChI is InChI=1S/C19H28O5Si/c1-6-23-18(21)17(19(22)24-7-2)16(13-14(3)20)25(4,5)15-11-9-8-10-12-15/h8-12,16-17H,6-7,13H2,1-5H3/t16-/m0/s1. The zero-order chi connectivity index (χ0) is 19.0. The summed E-state index contributed by atoms with van der Waals surface area (Å²) in [6, 6.07) is 9.76. The summed E-state index contributed by atoms with van der Waals surface area (Å²) < 4.78 is 10.3. The van der Waals surface area contributed by atoms with Crippen LogP contribution in [0.4, 0.5) is 0 Å². The van der Waals surface area contributed by atoms with Crippen LogP contribution in [0.1, 0.15) is 27.2 Å². The number of ether oxygens (including phenoxy) is 2. The highest BCUT2D eigenvalue weighted by molar-refractivity contribution is 6.91. The van der Waals surface area contributed by atoms with Crippen LogP contribution in [-0.4, -0.2) is 39.0 Å². The van der Waals surface area contributed by atoms with E-state index in [-0.39, 0.29) is 25.4 Å². The van der Waals surface area contributed by atoms with Gasteiger partial charge >= 0.3 is 11.9 Å². The molecule has 1 aromatic carbocycles. The molecule has 1 rings (SSSR count). The SMILES string of the molecule is CCOC(=O)C(C(=O)OCC)[C@H](CC(C)=O)[Si](C)(C)c1ccccc1. The maximum absolute atomic E-state index is 12.5. The molecular weight excluding hydrogens is 336 g/mol. The summed E-state index contributed by atoms with van der Waals surface area (Å²) in [5.41, 5.74) is -0.425. The van der Waals surface area contributed by atoms with Crippen molar-refractivity contribution in [3.05, 3.63) is 30.3 Å². The van der Waals surface area contributed by atoms with E-state index in [4.69, 9.17) is 9.47 Å². The molecule has 1 aromatic rings. The number of benzene rings is 1. The lowest BCUT2D eigenvalue weighted by molar-refractivity contribution is -0.161. The summed E-state index contributed by atoms with van der Waals surface area (Å²) in [5, 5.41) is 1.08. The molecule has 1 atom stereocenters. The van der Waals surface area contributed by atoms with Crippen molar-refractivity contribution in [1.29, 1.82) is 0 Å². The first-order valence-electron chi connectivity index (χ1n) is 8.63. The van der Waals surface area contributed by atoms with Crippen molar-refractivity contribution < 1.29 is 23.9 Å². The summed E-state index contributed by atoms with van der Waals surface area (Å²) in [6.07, 6.45) is 0.149. The van der Waals surface area contributed by atoms with E-state index in [0.29, 0.717) is 0 Å². The fourth-order valence-corrected chi connectivity index (χ4v) is 6.45.